The van der Waals surface area contributed by atoms with E-state index in [-0.39, 0.29) is 37.0 Å². The van der Waals surface area contributed by atoms with Gasteiger partial charge in [0.05, 0.1) is 33.8 Å². The number of carbonyl (C=O) groups is 2. The lowest BCUT2D eigenvalue weighted by atomic mass is 9.98. The van der Waals surface area contributed by atoms with Gasteiger partial charge in [0, 0.05) is 24.0 Å². The van der Waals surface area contributed by atoms with Crippen molar-refractivity contribution >= 4 is 55.1 Å². The van der Waals surface area contributed by atoms with Gasteiger partial charge < -0.3 is 9.30 Å². The summed E-state index contributed by atoms with van der Waals surface area (Å²) >= 11 is 7.13. The van der Waals surface area contributed by atoms with Gasteiger partial charge in [-0.1, -0.05) is 28.9 Å². The Morgan fingerprint density at radius 3 is 2.53 bits per heavy atom. The zero-order valence-electron chi connectivity index (χ0n) is 19.5. The van der Waals surface area contributed by atoms with Gasteiger partial charge >= 0.3 is 5.97 Å². The number of sulfonamides is 1. The van der Waals surface area contributed by atoms with Crippen LogP contribution in [0.1, 0.15) is 30.1 Å². The summed E-state index contributed by atoms with van der Waals surface area (Å²) in [7, 11) is -3.66. The molecule has 0 saturated carbocycles. The highest BCUT2D eigenvalue weighted by Gasteiger charge is 2.32. The first-order valence-electron chi connectivity index (χ1n) is 11.3. The summed E-state index contributed by atoms with van der Waals surface area (Å²) in [6.07, 6.45) is 6.27. The van der Waals surface area contributed by atoms with E-state index in [2.05, 4.69) is 10.9 Å². The van der Waals surface area contributed by atoms with Crippen LogP contribution in [-0.4, -0.2) is 48.9 Å². The molecule has 1 amide bonds. The van der Waals surface area contributed by atoms with Crippen LogP contribution in [0, 0.1) is 18.3 Å². The summed E-state index contributed by atoms with van der Waals surface area (Å²) in [5.41, 5.74) is 1.17. The Labute approximate surface area is 218 Å². The van der Waals surface area contributed by atoms with E-state index in [1.165, 1.54) is 39.9 Å². The number of nitrogens with zero attached hydrogens (tertiary/aromatic N) is 3. The molecule has 188 valence electrons. The van der Waals surface area contributed by atoms with E-state index in [4.69, 9.17) is 22.8 Å². The summed E-state index contributed by atoms with van der Waals surface area (Å²) in [4.78, 5) is 30.1. The quantitative estimate of drug-likeness (QED) is 0.347. The molecule has 4 rings (SSSR count). The highest BCUT2D eigenvalue weighted by Crippen LogP contribution is 2.26. The predicted octanol–water partition coefficient (Wildman–Crippen LogP) is 3.69. The van der Waals surface area contributed by atoms with Gasteiger partial charge in [-0.15, -0.1) is 6.42 Å². The molecule has 8 nitrogen and oxygen atoms in total. The number of hydrogen-bond donors (Lipinski definition) is 0. The Kier molecular flexibility index (Phi) is 7.95. The lowest BCUT2D eigenvalue weighted by Crippen LogP contribution is -2.40. The Balaban J connectivity index is 1.54. The zero-order valence-corrected chi connectivity index (χ0v) is 21.9. The Morgan fingerprint density at radius 1 is 1.19 bits per heavy atom. The molecule has 1 aliphatic heterocycles. The number of piperidine rings is 1. The van der Waals surface area contributed by atoms with Gasteiger partial charge in [0.1, 0.15) is 0 Å². The number of fused-ring (bicyclic) bond motifs is 1. The van der Waals surface area contributed by atoms with E-state index in [9.17, 15) is 18.0 Å². The van der Waals surface area contributed by atoms with Gasteiger partial charge in [-0.25, -0.2) is 13.2 Å². The second kappa shape index (κ2) is 11.0. The van der Waals surface area contributed by atoms with E-state index in [1.807, 2.05) is 0 Å². The Hall–Kier alpha value is -2.97. The molecule has 0 spiro atoms. The molecule has 2 aromatic carbocycles. The number of rotatable bonds is 6. The molecule has 0 bridgehead atoms. The summed E-state index contributed by atoms with van der Waals surface area (Å²) < 4.78 is 34.8. The third kappa shape index (κ3) is 5.39. The number of amides is 1. The molecule has 2 heterocycles. The van der Waals surface area contributed by atoms with Gasteiger partial charge in [0.15, 0.2) is 4.80 Å². The average molecular weight is 546 g/mol. The van der Waals surface area contributed by atoms with Crippen molar-refractivity contribution in [3.63, 3.8) is 0 Å². The van der Waals surface area contributed by atoms with Crippen LogP contribution >= 0.6 is 22.9 Å². The molecule has 0 unspecified atom stereocenters. The Morgan fingerprint density at radius 2 is 1.89 bits per heavy atom. The van der Waals surface area contributed by atoms with Crippen LogP contribution in [0.15, 0.2) is 52.4 Å². The summed E-state index contributed by atoms with van der Waals surface area (Å²) in [5, 5.41) is 0.459. The summed E-state index contributed by atoms with van der Waals surface area (Å²) in [6.45, 7) is 2.66. The normalized spacial score (nSPS) is 15.6. The molecule has 11 heteroatoms. The number of ether oxygens (including phenoxy) is 1. The highest BCUT2D eigenvalue weighted by atomic mass is 35.5. The fraction of sp³-hybridized carbons (Fsp3) is 0.320. The van der Waals surface area contributed by atoms with Crippen LogP contribution in [0.4, 0.5) is 0 Å². The molecule has 1 aromatic heterocycles. The molecule has 36 heavy (non-hydrogen) atoms. The zero-order chi connectivity index (χ0) is 25.9. The molecular weight excluding hydrogens is 522 g/mol. The number of thiazole rings is 1. The lowest BCUT2D eigenvalue weighted by molar-refractivity contribution is -0.122. The van der Waals surface area contributed by atoms with E-state index in [0.29, 0.717) is 28.2 Å². The maximum atomic E-state index is 13.0. The second-order valence-corrected chi connectivity index (χ2v) is 11.5. The maximum absolute atomic E-state index is 13.0. The minimum absolute atomic E-state index is 0.171. The molecule has 0 aliphatic carbocycles. The number of halogens is 1. The van der Waals surface area contributed by atoms with Crippen LogP contribution in [0.3, 0.4) is 0 Å². The van der Waals surface area contributed by atoms with Gasteiger partial charge in [-0.2, -0.15) is 9.30 Å². The number of benzene rings is 2. The monoisotopic (exact) mass is 545 g/mol. The van der Waals surface area contributed by atoms with Crippen molar-refractivity contribution in [1.82, 2.24) is 8.87 Å². The molecule has 3 aromatic rings. The second-order valence-electron chi connectivity index (χ2n) is 8.16. The topological polar surface area (TPSA) is 98.0 Å². The lowest BCUT2D eigenvalue weighted by Gasteiger charge is -2.29. The number of esters is 1. The molecule has 1 saturated heterocycles. The van der Waals surface area contributed by atoms with Crippen molar-refractivity contribution in [3.8, 4) is 12.3 Å². The van der Waals surface area contributed by atoms with Crippen molar-refractivity contribution in [1.29, 1.82) is 0 Å². The molecule has 0 N–H and O–H groups in total. The van der Waals surface area contributed by atoms with Crippen molar-refractivity contribution in [2.75, 3.05) is 19.7 Å². The third-order valence-corrected chi connectivity index (χ3v) is 9.11. The Bertz CT molecular complexity index is 1510. The molecular formula is C25H24ClN3O5S2. The third-order valence-electron chi connectivity index (χ3n) is 5.90. The molecule has 0 radical (unpaired) electrons. The first-order valence-corrected chi connectivity index (χ1v) is 14.0. The van der Waals surface area contributed by atoms with Crippen LogP contribution in [-0.2, 0) is 26.1 Å². The number of aromatic nitrogens is 1. The van der Waals surface area contributed by atoms with Crippen LogP contribution in [0.25, 0.3) is 10.2 Å². The van der Waals surface area contributed by atoms with E-state index in [1.54, 1.807) is 29.7 Å². The minimum Gasteiger partial charge on any atom is -0.462 e. The molecule has 1 fully saturated rings. The van der Waals surface area contributed by atoms with Crippen LogP contribution in [0.5, 0.6) is 0 Å². The summed E-state index contributed by atoms with van der Waals surface area (Å²) in [6, 6.07) is 11.1. The first-order chi connectivity index (χ1) is 17.2. The SMILES string of the molecule is C#CCn1c(=NC(=O)C2CCN(S(=O)(=O)c3ccc(Cl)cc3)CC2)sc2cc(C(=O)OCC)ccc21. The predicted molar refractivity (Wildman–Crippen MR) is 138 cm³/mol. The van der Waals surface area contributed by atoms with Gasteiger partial charge in [-0.3, -0.25) is 4.79 Å². The first kappa shape index (κ1) is 26.1. The smallest absolute Gasteiger partial charge is 0.338 e. The van der Waals surface area contributed by atoms with E-state index < -0.39 is 21.9 Å². The highest BCUT2D eigenvalue weighted by molar-refractivity contribution is 7.89. The minimum atomic E-state index is -3.66. The van der Waals surface area contributed by atoms with Crippen LogP contribution in [0.2, 0.25) is 5.02 Å². The number of terminal acetylenes is 1. The van der Waals surface area contributed by atoms with Gasteiger partial charge in [0.2, 0.25) is 10.0 Å². The number of carbonyl (C=O) groups excluding carboxylic acids is 2. The van der Waals surface area contributed by atoms with Crippen molar-refractivity contribution in [2.45, 2.75) is 31.2 Å². The van der Waals surface area contributed by atoms with Gasteiger partial charge in [-0.05, 0) is 62.2 Å². The van der Waals surface area contributed by atoms with Crippen molar-refractivity contribution in [3.05, 3.63) is 57.9 Å². The molecule has 0 atom stereocenters. The fourth-order valence-corrected chi connectivity index (χ4v) is 6.70. The number of hydrogen-bond acceptors (Lipinski definition) is 6. The van der Waals surface area contributed by atoms with E-state index in [0.717, 1.165) is 10.2 Å². The summed E-state index contributed by atoms with van der Waals surface area (Å²) in [5.74, 6) is 1.44. The average Bonchev–Trinajstić information content (AvgIpc) is 3.20. The van der Waals surface area contributed by atoms with Gasteiger partial charge in [0.25, 0.3) is 5.91 Å². The standard InChI is InChI=1S/C25H24ClN3O5S2/c1-3-13-29-21-10-5-18(24(31)34-4-2)16-22(21)35-25(29)27-23(30)17-11-14-28(15-12-17)36(32,33)20-8-6-19(26)7-9-20/h1,5-10,16-17H,4,11-15H2,2H3. The van der Waals surface area contributed by atoms with E-state index >= 15 is 0 Å². The van der Waals surface area contributed by atoms with Crippen LogP contribution < -0.4 is 4.80 Å². The van der Waals surface area contributed by atoms with Crippen molar-refractivity contribution in [2.24, 2.45) is 10.9 Å². The van der Waals surface area contributed by atoms with Crippen molar-refractivity contribution < 1.29 is 22.7 Å². The fourth-order valence-electron chi connectivity index (χ4n) is 4.03. The molecule has 1 aliphatic rings. The maximum Gasteiger partial charge on any atom is 0.338 e. The largest absolute Gasteiger partial charge is 0.462 e.